The Labute approximate surface area is 179 Å². The Bertz CT molecular complexity index is 1140. The first-order valence-electron chi connectivity index (χ1n) is 9.59. The Balaban J connectivity index is 1.36. The predicted octanol–water partition coefficient (Wildman–Crippen LogP) is 1.90. The summed E-state index contributed by atoms with van der Waals surface area (Å²) in [4.78, 5) is 15.4. The standard InChI is InChI=1S/C19H23N5O4S2/c1-13-21-18(24-6-9-27-10-7-24)12-19(22-13)28-8-5-20-30(25,26)15-3-4-16-17(11-15)29-14(2)23-16/h3-4,11-12,20H,5-10H2,1-2H3. The van der Waals surface area contributed by atoms with Crippen molar-refractivity contribution in [2.45, 2.75) is 18.7 Å². The largest absolute Gasteiger partial charge is 0.476 e. The van der Waals surface area contributed by atoms with Gasteiger partial charge in [0, 0.05) is 25.7 Å². The highest BCUT2D eigenvalue weighted by Gasteiger charge is 2.16. The number of nitrogens with zero attached hydrogens (tertiary/aromatic N) is 4. The molecule has 1 aliphatic heterocycles. The van der Waals surface area contributed by atoms with Gasteiger partial charge in [0.1, 0.15) is 18.2 Å². The molecular formula is C19H23N5O4S2. The number of nitrogens with one attached hydrogen (secondary N) is 1. The molecule has 4 rings (SSSR count). The van der Waals surface area contributed by atoms with Crippen molar-refractivity contribution < 1.29 is 17.9 Å². The second-order valence-electron chi connectivity index (χ2n) is 6.82. The number of benzene rings is 1. The molecule has 2 aromatic heterocycles. The average molecular weight is 450 g/mol. The Kier molecular flexibility index (Phi) is 6.14. The van der Waals surface area contributed by atoms with E-state index >= 15 is 0 Å². The third-order valence-electron chi connectivity index (χ3n) is 4.56. The molecule has 1 saturated heterocycles. The van der Waals surface area contributed by atoms with Gasteiger partial charge >= 0.3 is 0 Å². The zero-order chi connectivity index (χ0) is 21.1. The van der Waals surface area contributed by atoms with E-state index in [0.29, 0.717) is 24.9 Å². The first-order chi connectivity index (χ1) is 14.4. The molecule has 160 valence electrons. The molecule has 11 heteroatoms. The molecule has 3 aromatic rings. The lowest BCUT2D eigenvalue weighted by Gasteiger charge is -2.28. The maximum absolute atomic E-state index is 12.6. The summed E-state index contributed by atoms with van der Waals surface area (Å²) in [5, 5.41) is 0.900. The molecule has 1 aliphatic rings. The Morgan fingerprint density at radius 2 is 1.97 bits per heavy atom. The summed E-state index contributed by atoms with van der Waals surface area (Å²) in [6.07, 6.45) is 0. The van der Waals surface area contributed by atoms with Crippen molar-refractivity contribution in [2.24, 2.45) is 0 Å². The van der Waals surface area contributed by atoms with Gasteiger partial charge < -0.3 is 14.4 Å². The fraction of sp³-hybridized carbons (Fsp3) is 0.421. The number of rotatable bonds is 7. The maximum Gasteiger partial charge on any atom is 0.240 e. The molecule has 0 amide bonds. The van der Waals surface area contributed by atoms with Gasteiger partial charge in [-0.25, -0.2) is 23.1 Å². The van der Waals surface area contributed by atoms with Gasteiger partial charge in [-0.15, -0.1) is 11.3 Å². The van der Waals surface area contributed by atoms with Crippen molar-refractivity contribution in [3.05, 3.63) is 35.1 Å². The van der Waals surface area contributed by atoms with E-state index in [1.165, 1.54) is 11.3 Å². The minimum atomic E-state index is -3.64. The SMILES string of the molecule is Cc1nc(OCCNS(=O)(=O)c2ccc3nc(C)sc3c2)cc(N2CCOCC2)n1. The number of fused-ring (bicyclic) bond motifs is 1. The van der Waals surface area contributed by atoms with Gasteiger partial charge in [-0.1, -0.05) is 0 Å². The van der Waals surface area contributed by atoms with Gasteiger partial charge in [0.2, 0.25) is 15.9 Å². The van der Waals surface area contributed by atoms with Gasteiger partial charge in [-0.05, 0) is 32.0 Å². The van der Waals surface area contributed by atoms with Gasteiger partial charge in [0.25, 0.3) is 0 Å². The smallest absolute Gasteiger partial charge is 0.240 e. The number of hydrogen-bond donors (Lipinski definition) is 1. The first-order valence-corrected chi connectivity index (χ1v) is 11.9. The van der Waals surface area contributed by atoms with Crippen LogP contribution in [0.25, 0.3) is 10.2 Å². The molecule has 3 heterocycles. The number of aryl methyl sites for hydroxylation is 2. The van der Waals surface area contributed by atoms with Crippen LogP contribution in [0.3, 0.4) is 0 Å². The molecule has 1 N–H and O–H groups in total. The Hall–Kier alpha value is -2.34. The lowest BCUT2D eigenvalue weighted by molar-refractivity contribution is 0.122. The van der Waals surface area contributed by atoms with Crippen molar-refractivity contribution in [3.63, 3.8) is 0 Å². The number of ether oxygens (including phenoxy) is 2. The molecule has 0 bridgehead atoms. The highest BCUT2D eigenvalue weighted by atomic mass is 32.2. The monoisotopic (exact) mass is 449 g/mol. The second kappa shape index (κ2) is 8.80. The summed E-state index contributed by atoms with van der Waals surface area (Å²) in [5.74, 6) is 1.81. The van der Waals surface area contributed by atoms with Crippen LogP contribution in [-0.4, -0.2) is 62.8 Å². The first kappa shape index (κ1) is 20.9. The number of aromatic nitrogens is 3. The summed E-state index contributed by atoms with van der Waals surface area (Å²) < 4.78 is 39.6. The molecular weight excluding hydrogens is 426 g/mol. The summed E-state index contributed by atoms with van der Waals surface area (Å²) >= 11 is 1.47. The lowest BCUT2D eigenvalue weighted by atomic mass is 10.3. The van der Waals surface area contributed by atoms with Crippen molar-refractivity contribution in [1.29, 1.82) is 0 Å². The van der Waals surface area contributed by atoms with Crippen LogP contribution in [0.4, 0.5) is 5.82 Å². The highest BCUT2D eigenvalue weighted by Crippen LogP contribution is 2.24. The molecule has 0 unspecified atom stereocenters. The number of sulfonamides is 1. The van der Waals surface area contributed by atoms with Crippen LogP contribution in [0.5, 0.6) is 5.88 Å². The van der Waals surface area contributed by atoms with E-state index < -0.39 is 10.0 Å². The quantitative estimate of drug-likeness (QED) is 0.545. The van der Waals surface area contributed by atoms with Gasteiger partial charge in [0.15, 0.2) is 0 Å². The Morgan fingerprint density at radius 1 is 1.17 bits per heavy atom. The fourth-order valence-corrected chi connectivity index (χ4v) is 5.14. The zero-order valence-electron chi connectivity index (χ0n) is 16.8. The fourth-order valence-electron chi connectivity index (χ4n) is 3.16. The van der Waals surface area contributed by atoms with E-state index in [0.717, 1.165) is 34.1 Å². The van der Waals surface area contributed by atoms with Crippen LogP contribution in [0.1, 0.15) is 10.8 Å². The van der Waals surface area contributed by atoms with E-state index in [1.807, 2.05) is 6.92 Å². The molecule has 1 aromatic carbocycles. The van der Waals surface area contributed by atoms with E-state index in [2.05, 4.69) is 24.6 Å². The van der Waals surface area contributed by atoms with E-state index in [4.69, 9.17) is 9.47 Å². The van der Waals surface area contributed by atoms with Gasteiger partial charge in [-0.3, -0.25) is 0 Å². The van der Waals surface area contributed by atoms with Crippen molar-refractivity contribution in [1.82, 2.24) is 19.7 Å². The predicted molar refractivity (Wildman–Crippen MR) is 115 cm³/mol. The van der Waals surface area contributed by atoms with Gasteiger partial charge in [-0.2, -0.15) is 4.98 Å². The van der Waals surface area contributed by atoms with Crippen LogP contribution < -0.4 is 14.4 Å². The molecule has 0 radical (unpaired) electrons. The van der Waals surface area contributed by atoms with Gasteiger partial charge in [0.05, 0.1) is 33.3 Å². The minimum absolute atomic E-state index is 0.123. The van der Waals surface area contributed by atoms with Crippen molar-refractivity contribution in [2.75, 3.05) is 44.4 Å². The topological polar surface area (TPSA) is 107 Å². The molecule has 0 atom stereocenters. The average Bonchev–Trinajstić information content (AvgIpc) is 3.11. The number of thiazole rings is 1. The lowest BCUT2D eigenvalue weighted by Crippen LogP contribution is -2.37. The van der Waals surface area contributed by atoms with Crippen LogP contribution in [0.2, 0.25) is 0 Å². The zero-order valence-corrected chi connectivity index (χ0v) is 18.4. The molecule has 0 aliphatic carbocycles. The molecule has 1 fully saturated rings. The summed E-state index contributed by atoms with van der Waals surface area (Å²) in [5.41, 5.74) is 0.801. The minimum Gasteiger partial charge on any atom is -0.476 e. The van der Waals surface area contributed by atoms with Crippen molar-refractivity contribution >= 4 is 37.4 Å². The van der Waals surface area contributed by atoms with Crippen LogP contribution >= 0.6 is 11.3 Å². The third kappa shape index (κ3) is 4.86. The maximum atomic E-state index is 12.6. The van der Waals surface area contributed by atoms with Crippen molar-refractivity contribution in [3.8, 4) is 5.88 Å². The van der Waals surface area contributed by atoms with Crippen LogP contribution in [-0.2, 0) is 14.8 Å². The van der Waals surface area contributed by atoms with E-state index in [-0.39, 0.29) is 18.0 Å². The normalized spacial score (nSPS) is 14.9. The molecule has 0 saturated carbocycles. The van der Waals surface area contributed by atoms with Crippen LogP contribution in [0.15, 0.2) is 29.2 Å². The molecule has 0 spiro atoms. The number of morpholine rings is 1. The third-order valence-corrected chi connectivity index (χ3v) is 6.95. The summed E-state index contributed by atoms with van der Waals surface area (Å²) in [6, 6.07) is 6.70. The second-order valence-corrected chi connectivity index (χ2v) is 9.82. The van der Waals surface area contributed by atoms with E-state index in [1.54, 1.807) is 31.2 Å². The summed E-state index contributed by atoms with van der Waals surface area (Å²) in [6.45, 7) is 6.82. The highest BCUT2D eigenvalue weighted by molar-refractivity contribution is 7.89. The Morgan fingerprint density at radius 3 is 2.77 bits per heavy atom. The van der Waals surface area contributed by atoms with E-state index in [9.17, 15) is 8.42 Å². The molecule has 9 nitrogen and oxygen atoms in total. The molecule has 30 heavy (non-hydrogen) atoms. The number of hydrogen-bond acceptors (Lipinski definition) is 9. The number of anilines is 1. The van der Waals surface area contributed by atoms with Crippen LogP contribution in [0, 0.1) is 13.8 Å². The summed E-state index contributed by atoms with van der Waals surface area (Å²) in [7, 11) is -3.64.